The minimum absolute atomic E-state index is 0.0173. The standard InChI is InChI=1S/C26H28N4O2S/c1-3-29-22-8-6-5-7-19(22)9-14-23(29)24-25(31)30(4-2)26(33-24)27-20-10-12-21(13-11-20)28-15-17-32-18-16-28/h5-14H,3-4,15-18H2,1-2H3/b24-23-,27-26?. The Hall–Kier alpha value is -3.03. The summed E-state index contributed by atoms with van der Waals surface area (Å²) in [5.41, 5.74) is 5.27. The number of thioether (sulfide) groups is 1. The summed E-state index contributed by atoms with van der Waals surface area (Å²) in [7, 11) is 0. The summed E-state index contributed by atoms with van der Waals surface area (Å²) in [4.78, 5) is 25.2. The minimum Gasteiger partial charge on any atom is -0.378 e. The van der Waals surface area contributed by atoms with Crippen molar-refractivity contribution in [1.82, 2.24) is 4.90 Å². The zero-order chi connectivity index (χ0) is 22.8. The van der Waals surface area contributed by atoms with Crippen molar-refractivity contribution < 1.29 is 9.53 Å². The van der Waals surface area contributed by atoms with Gasteiger partial charge in [0.05, 0.1) is 24.6 Å². The number of likely N-dealkylation sites (N-methyl/N-ethyl adjacent to an activating group) is 2. The monoisotopic (exact) mass is 460 g/mol. The van der Waals surface area contributed by atoms with Crippen LogP contribution in [0.3, 0.4) is 0 Å². The maximum absolute atomic E-state index is 13.4. The van der Waals surface area contributed by atoms with Crippen molar-refractivity contribution >= 4 is 46.0 Å². The molecular formula is C26H28N4O2S. The number of carbonyl (C=O) groups is 1. The molecule has 0 saturated carbocycles. The van der Waals surface area contributed by atoms with Crippen molar-refractivity contribution in [2.24, 2.45) is 4.99 Å². The van der Waals surface area contributed by atoms with Crippen molar-refractivity contribution in [3.8, 4) is 0 Å². The molecule has 5 rings (SSSR count). The number of fused-ring (bicyclic) bond motifs is 1. The van der Waals surface area contributed by atoms with Crippen LogP contribution in [0.15, 0.2) is 70.2 Å². The summed E-state index contributed by atoms with van der Waals surface area (Å²) in [6.45, 7) is 8.82. The second-order valence-electron chi connectivity index (χ2n) is 8.01. The molecule has 0 unspecified atom stereocenters. The maximum atomic E-state index is 13.4. The molecule has 0 atom stereocenters. The molecule has 2 aromatic carbocycles. The van der Waals surface area contributed by atoms with E-state index in [1.807, 2.05) is 31.2 Å². The normalized spacial score (nSPS) is 21.8. The van der Waals surface area contributed by atoms with Crippen LogP contribution in [0.1, 0.15) is 19.4 Å². The SMILES string of the molecule is CCN1C(=O)/C(=C2\C=Cc3ccccc3N2CC)SC1=Nc1ccc(N2CCOCC2)cc1. The number of aliphatic imine (C=N–C) groups is 1. The molecular weight excluding hydrogens is 432 g/mol. The molecule has 33 heavy (non-hydrogen) atoms. The number of amides is 1. The van der Waals surface area contributed by atoms with E-state index in [-0.39, 0.29) is 5.91 Å². The summed E-state index contributed by atoms with van der Waals surface area (Å²) in [6, 6.07) is 16.5. The summed E-state index contributed by atoms with van der Waals surface area (Å²) in [5.74, 6) is 0.0173. The van der Waals surface area contributed by atoms with Gasteiger partial charge in [-0.25, -0.2) is 4.99 Å². The highest BCUT2D eigenvalue weighted by atomic mass is 32.2. The Balaban J connectivity index is 1.44. The van der Waals surface area contributed by atoms with Crippen molar-refractivity contribution in [3.05, 3.63) is 70.8 Å². The molecule has 0 aromatic heterocycles. The Kier molecular flexibility index (Phi) is 6.24. The molecule has 2 fully saturated rings. The molecule has 0 spiro atoms. The lowest BCUT2D eigenvalue weighted by molar-refractivity contribution is -0.122. The Morgan fingerprint density at radius 1 is 0.939 bits per heavy atom. The second kappa shape index (κ2) is 9.45. The first-order valence-electron chi connectivity index (χ1n) is 11.5. The van der Waals surface area contributed by atoms with E-state index in [1.165, 1.54) is 23.0 Å². The van der Waals surface area contributed by atoms with Gasteiger partial charge < -0.3 is 14.5 Å². The zero-order valence-electron chi connectivity index (χ0n) is 19.0. The molecule has 0 N–H and O–H groups in total. The van der Waals surface area contributed by atoms with E-state index in [2.05, 4.69) is 53.1 Å². The average Bonchev–Trinajstić information content (AvgIpc) is 3.18. The first-order valence-corrected chi connectivity index (χ1v) is 12.3. The lowest BCUT2D eigenvalue weighted by atomic mass is 10.1. The highest BCUT2D eigenvalue weighted by Gasteiger charge is 2.36. The highest BCUT2D eigenvalue weighted by Crippen LogP contribution is 2.40. The fourth-order valence-electron chi connectivity index (χ4n) is 4.40. The van der Waals surface area contributed by atoms with Crippen LogP contribution in [0.5, 0.6) is 0 Å². The van der Waals surface area contributed by atoms with Gasteiger partial charge in [0.15, 0.2) is 5.17 Å². The fraction of sp³-hybridized carbons (Fsp3) is 0.308. The molecule has 6 nitrogen and oxygen atoms in total. The summed E-state index contributed by atoms with van der Waals surface area (Å²) in [6.07, 6.45) is 4.15. The Morgan fingerprint density at radius 3 is 2.39 bits per heavy atom. The van der Waals surface area contributed by atoms with Crippen molar-refractivity contribution in [2.45, 2.75) is 13.8 Å². The Labute approximate surface area is 199 Å². The third kappa shape index (κ3) is 4.18. The summed E-state index contributed by atoms with van der Waals surface area (Å²) < 4.78 is 5.45. The summed E-state index contributed by atoms with van der Waals surface area (Å²) >= 11 is 1.47. The predicted octanol–water partition coefficient (Wildman–Crippen LogP) is 4.87. The maximum Gasteiger partial charge on any atom is 0.268 e. The molecule has 0 radical (unpaired) electrons. The van der Waals surface area contributed by atoms with Gasteiger partial charge in [0.25, 0.3) is 5.91 Å². The lowest BCUT2D eigenvalue weighted by Crippen LogP contribution is -2.36. The number of allylic oxidation sites excluding steroid dienone is 1. The van der Waals surface area contributed by atoms with Gasteiger partial charge in [-0.05, 0) is 67.6 Å². The van der Waals surface area contributed by atoms with E-state index in [0.717, 1.165) is 60.0 Å². The van der Waals surface area contributed by atoms with E-state index in [0.29, 0.717) is 6.54 Å². The summed E-state index contributed by atoms with van der Waals surface area (Å²) in [5, 5.41) is 0.729. The van der Waals surface area contributed by atoms with Gasteiger partial charge in [0.2, 0.25) is 0 Å². The molecule has 2 saturated heterocycles. The van der Waals surface area contributed by atoms with Gasteiger partial charge >= 0.3 is 0 Å². The number of amidine groups is 1. The van der Waals surface area contributed by atoms with E-state index in [1.54, 1.807) is 4.90 Å². The van der Waals surface area contributed by atoms with Crippen LogP contribution in [0.2, 0.25) is 0 Å². The molecule has 3 aliphatic heterocycles. The number of rotatable bonds is 4. The van der Waals surface area contributed by atoms with Crippen LogP contribution in [-0.2, 0) is 9.53 Å². The minimum atomic E-state index is 0.0173. The van der Waals surface area contributed by atoms with E-state index in [4.69, 9.17) is 9.73 Å². The number of hydrogen-bond donors (Lipinski definition) is 0. The van der Waals surface area contributed by atoms with Gasteiger partial charge in [-0.2, -0.15) is 0 Å². The molecule has 3 heterocycles. The van der Waals surface area contributed by atoms with Gasteiger partial charge in [-0.1, -0.05) is 24.3 Å². The van der Waals surface area contributed by atoms with Crippen LogP contribution in [0.4, 0.5) is 17.1 Å². The number of hydrogen-bond acceptors (Lipinski definition) is 6. The molecule has 3 aliphatic rings. The number of carbonyl (C=O) groups excluding carboxylic acids is 1. The Bertz CT molecular complexity index is 1130. The molecule has 0 bridgehead atoms. The van der Waals surface area contributed by atoms with Crippen LogP contribution < -0.4 is 9.80 Å². The Morgan fingerprint density at radius 2 is 1.67 bits per heavy atom. The first kappa shape index (κ1) is 21.8. The van der Waals surface area contributed by atoms with Crippen LogP contribution in [0.25, 0.3) is 6.08 Å². The number of para-hydroxylation sites is 1. The quantitative estimate of drug-likeness (QED) is 0.609. The second-order valence-corrected chi connectivity index (χ2v) is 8.99. The smallest absolute Gasteiger partial charge is 0.268 e. The molecule has 0 aliphatic carbocycles. The number of benzene rings is 2. The zero-order valence-corrected chi connectivity index (χ0v) is 19.8. The van der Waals surface area contributed by atoms with Gasteiger partial charge in [-0.15, -0.1) is 0 Å². The third-order valence-electron chi connectivity index (χ3n) is 6.12. The van der Waals surface area contributed by atoms with Crippen LogP contribution >= 0.6 is 11.8 Å². The average molecular weight is 461 g/mol. The lowest BCUT2D eigenvalue weighted by Gasteiger charge is -2.30. The van der Waals surface area contributed by atoms with Gasteiger partial charge in [0.1, 0.15) is 4.91 Å². The van der Waals surface area contributed by atoms with E-state index >= 15 is 0 Å². The molecule has 170 valence electrons. The number of ether oxygens (including phenoxy) is 1. The van der Waals surface area contributed by atoms with Gasteiger partial charge in [0, 0.05) is 37.6 Å². The van der Waals surface area contributed by atoms with Gasteiger partial charge in [-0.3, -0.25) is 9.69 Å². The molecule has 2 aromatic rings. The van der Waals surface area contributed by atoms with E-state index in [9.17, 15) is 4.79 Å². The predicted molar refractivity (Wildman–Crippen MR) is 137 cm³/mol. The third-order valence-corrected chi connectivity index (χ3v) is 7.20. The van der Waals surface area contributed by atoms with Crippen molar-refractivity contribution in [3.63, 3.8) is 0 Å². The topological polar surface area (TPSA) is 48.4 Å². The van der Waals surface area contributed by atoms with E-state index < -0.39 is 0 Å². The number of morpholine rings is 1. The molecule has 1 amide bonds. The van der Waals surface area contributed by atoms with Crippen molar-refractivity contribution in [1.29, 1.82) is 0 Å². The fourth-order valence-corrected chi connectivity index (χ4v) is 5.53. The molecule has 7 heteroatoms. The van der Waals surface area contributed by atoms with Crippen molar-refractivity contribution in [2.75, 3.05) is 49.2 Å². The number of nitrogens with zero attached hydrogens (tertiary/aromatic N) is 4. The highest BCUT2D eigenvalue weighted by molar-refractivity contribution is 8.18. The largest absolute Gasteiger partial charge is 0.378 e. The number of anilines is 2. The first-order chi connectivity index (χ1) is 16.2. The van der Waals surface area contributed by atoms with Crippen LogP contribution in [0, 0.1) is 0 Å². The van der Waals surface area contributed by atoms with Crippen LogP contribution in [-0.4, -0.2) is 55.4 Å².